The first-order valence-corrected chi connectivity index (χ1v) is 34.3. The van der Waals surface area contributed by atoms with Gasteiger partial charge in [0.25, 0.3) is 11.8 Å². The number of carbonyl (C=O) groups is 2. The van der Waals surface area contributed by atoms with Crippen LogP contribution in [0.4, 0.5) is 0 Å². The molecule has 0 radical (unpaired) electrons. The second kappa shape index (κ2) is 30.2. The van der Waals surface area contributed by atoms with Crippen molar-refractivity contribution in [3.63, 3.8) is 0 Å². The molecule has 0 aromatic heterocycles. The molecule has 2 aliphatic carbocycles. The Morgan fingerprint density at radius 1 is 0.500 bits per heavy atom. The first-order chi connectivity index (χ1) is 41.8. The van der Waals surface area contributed by atoms with Crippen molar-refractivity contribution < 1.29 is 98.1 Å². The molecule has 4 aromatic carbocycles. The average molecular weight is 1300 g/mol. The lowest BCUT2D eigenvalue weighted by molar-refractivity contribution is 0.0732. The Labute approximate surface area is 504 Å². The fraction of sp³-hybridized carbons (Fsp3) is 0.322. The summed E-state index contributed by atoms with van der Waals surface area (Å²) in [5.41, 5.74) is 4.69. The molecule has 8 N–H and O–H groups in total. The third-order valence-electron chi connectivity index (χ3n) is 13.7. The molecule has 8 rings (SSSR count). The Hall–Kier alpha value is -6.72. The van der Waals surface area contributed by atoms with Crippen molar-refractivity contribution in [2.45, 2.75) is 45.4 Å². The smallest absolute Gasteiger partial charge is 0.472 e. The van der Waals surface area contributed by atoms with Crippen LogP contribution in [0.25, 0.3) is 66.8 Å². The van der Waals surface area contributed by atoms with Crippen molar-refractivity contribution in [2.75, 3.05) is 66.0 Å². The van der Waals surface area contributed by atoms with Gasteiger partial charge in [0, 0.05) is 100 Å². The van der Waals surface area contributed by atoms with Gasteiger partial charge >= 0.3 is 31.1 Å². The maximum atomic E-state index is 13.4. The second-order valence-corrected chi connectivity index (χ2v) is 26.7. The molecule has 2 heterocycles. The molecule has 470 valence electrons. The highest BCUT2D eigenvalue weighted by Gasteiger charge is 2.30. The number of phosphoric acid groups is 3. The number of rotatable bonds is 33. The molecule has 2 amide bonds. The lowest BCUT2D eigenvalue weighted by Gasteiger charge is -2.21. The first-order valence-electron chi connectivity index (χ1n) is 27.8. The van der Waals surface area contributed by atoms with E-state index >= 15 is 0 Å². The highest BCUT2D eigenvalue weighted by molar-refractivity contribution is 7.51. The second-order valence-electron chi connectivity index (χ2n) is 20.5. The Kier molecular flexibility index (Phi) is 23.1. The molecule has 88 heavy (non-hydrogen) atoms. The zero-order valence-corrected chi connectivity index (χ0v) is 51.3. The van der Waals surface area contributed by atoms with Crippen LogP contribution in [0.15, 0.2) is 140 Å². The largest absolute Gasteiger partial charge is 0.508 e. The lowest BCUT2D eigenvalue weighted by atomic mass is 9.92. The number of hydrogen-bond acceptors (Lipinski definition) is 19. The van der Waals surface area contributed by atoms with Gasteiger partial charge in [-0.1, -0.05) is 37.1 Å². The van der Waals surface area contributed by atoms with Gasteiger partial charge in [0.15, 0.2) is 10.9 Å². The van der Waals surface area contributed by atoms with Crippen molar-refractivity contribution in [3.8, 4) is 56.4 Å². The number of phenolic OH excluding ortho intramolecular Hbond substituents is 2. The zero-order chi connectivity index (χ0) is 63.2. The number of unbranched alkanes of at least 4 members (excludes halogenated alkanes) is 2. The average Bonchev–Trinajstić information content (AvgIpc) is 1.48. The number of phenols is 2. The van der Waals surface area contributed by atoms with Crippen molar-refractivity contribution in [1.82, 2.24) is 10.6 Å². The predicted octanol–water partition coefficient (Wildman–Crippen LogP) is 10.8. The number of benzene rings is 6. The van der Waals surface area contributed by atoms with E-state index in [0.29, 0.717) is 104 Å². The molecule has 29 heteroatoms. The topological polar surface area (TPSA) is 373 Å². The van der Waals surface area contributed by atoms with Crippen LogP contribution < -0.4 is 21.5 Å². The molecule has 4 aromatic rings. The molecule has 2 aliphatic heterocycles. The van der Waals surface area contributed by atoms with E-state index < -0.39 is 87.7 Å². The van der Waals surface area contributed by atoms with Crippen LogP contribution in [0.5, 0.6) is 11.5 Å². The molecular weight excluding hydrogens is 1230 g/mol. The molecule has 0 spiro atoms. The number of phosphoric ester groups is 3. The Morgan fingerprint density at radius 2 is 0.909 bits per heavy atom. The number of amides is 2. The van der Waals surface area contributed by atoms with E-state index in [9.17, 15) is 67.2 Å². The molecule has 4 aliphatic rings. The summed E-state index contributed by atoms with van der Waals surface area (Å²) in [4.78, 5) is 92.0. The van der Waals surface area contributed by atoms with Gasteiger partial charge in [-0.15, -0.1) is 0 Å². The number of fused-ring (bicyclic) bond motifs is 4. The van der Waals surface area contributed by atoms with Crippen molar-refractivity contribution in [3.05, 3.63) is 153 Å². The fourth-order valence-corrected chi connectivity index (χ4v) is 12.4. The Bertz CT molecular complexity index is 4020. The van der Waals surface area contributed by atoms with Gasteiger partial charge in [-0.05, 0) is 117 Å². The summed E-state index contributed by atoms with van der Waals surface area (Å²) in [7, 11) is -18.3. The highest BCUT2D eigenvalue weighted by Crippen LogP contribution is 2.49. The summed E-state index contributed by atoms with van der Waals surface area (Å²) >= 11 is 0. The molecule has 6 unspecified atom stereocenters. The fourth-order valence-electron chi connectivity index (χ4n) is 9.55. The molecule has 6 atom stereocenters. The predicted molar refractivity (Wildman–Crippen MR) is 324 cm³/mol. The molecule has 0 fully saturated rings. The van der Waals surface area contributed by atoms with E-state index in [4.69, 9.17) is 40.5 Å². The SMILES string of the molecule is CCOP(=O)(O)OCC(CCCCNC(=O)c1cccc(-c2c3ccc(=O)cc-3oc3cc(O)ccc23)c1)COP(=O)(O)OCCOP(=O)(O)OCC(CCCCNC(=O)c1cccc(-c2c3ccc(=O)cc-3oc3cc(O)ccc23)c1)COP(C)(=O)O. The zero-order valence-electron chi connectivity index (χ0n) is 47.7. The van der Waals surface area contributed by atoms with E-state index in [1.54, 1.807) is 72.8 Å². The van der Waals surface area contributed by atoms with Gasteiger partial charge < -0.3 is 53.8 Å². The number of nitrogens with one attached hydrogen (secondary N) is 2. The number of carbonyl (C=O) groups excluding carboxylic acids is 2. The van der Waals surface area contributed by atoms with Crippen LogP contribution in [0.2, 0.25) is 0 Å². The Morgan fingerprint density at radius 3 is 1.32 bits per heavy atom. The van der Waals surface area contributed by atoms with Gasteiger partial charge in [-0.3, -0.25) is 50.9 Å². The van der Waals surface area contributed by atoms with Gasteiger partial charge in [0.2, 0.25) is 0 Å². The van der Waals surface area contributed by atoms with Crippen LogP contribution in [-0.2, 0) is 49.9 Å². The maximum absolute atomic E-state index is 13.4. The molecule has 25 nitrogen and oxygen atoms in total. The van der Waals surface area contributed by atoms with Gasteiger partial charge in [0.1, 0.15) is 34.2 Å². The van der Waals surface area contributed by atoms with Crippen LogP contribution in [0, 0.1) is 11.8 Å². The summed E-state index contributed by atoms with van der Waals surface area (Å²) in [6, 6.07) is 31.7. The van der Waals surface area contributed by atoms with Crippen molar-refractivity contribution >= 4 is 64.8 Å². The van der Waals surface area contributed by atoms with Crippen LogP contribution in [0.1, 0.15) is 66.2 Å². The minimum absolute atomic E-state index is 0.0329. The minimum Gasteiger partial charge on any atom is -0.508 e. The number of aromatic hydroxyl groups is 2. The first kappa shape index (κ1) is 67.2. The van der Waals surface area contributed by atoms with Gasteiger partial charge in [-0.25, -0.2) is 13.7 Å². The molecule has 0 saturated carbocycles. The summed E-state index contributed by atoms with van der Waals surface area (Å²) < 4.78 is 97.3. The quantitative estimate of drug-likeness (QED) is 0.0108. The number of hydrogen-bond donors (Lipinski definition) is 8. The van der Waals surface area contributed by atoms with E-state index in [0.717, 1.165) is 6.66 Å². The normalized spacial score (nSPS) is 15.3. The van der Waals surface area contributed by atoms with Crippen LogP contribution in [0.3, 0.4) is 0 Å². The standard InChI is InChI=1S/C59H66N2O23P4/c1-3-76-86(70,71)80-36-39(11-5-7-25-61-59(67)43-15-9-13-41(29-43)57-50-22-18-46(64)32-54(50)84-55-33-47(65)19-23-51(55)57)37-82-88(74,75)78-27-26-77-87(72,73)81-35-38(34-79-85(2,68)69)10-4-6-24-60-58(66)42-14-8-12-40(28-42)56-48-20-16-44(62)30-52(48)83-53-31-45(63)17-21-49(53)56/h8-9,12-23,28-33,38-39,62,64H,3-7,10-11,24-27,34-37H2,1-2H3,(H,60,66)(H,61,67)(H,68,69)(H,70,71)(H,72,73)(H,74,75). The molecule has 0 saturated heterocycles. The van der Waals surface area contributed by atoms with Gasteiger partial charge in [0.05, 0.1) is 46.2 Å². The molecule has 0 bridgehead atoms. The third-order valence-corrected chi connectivity index (χ3v) is 17.3. The Balaban J connectivity index is 0.773. The van der Waals surface area contributed by atoms with Crippen molar-refractivity contribution in [2.24, 2.45) is 11.8 Å². The monoisotopic (exact) mass is 1290 g/mol. The minimum atomic E-state index is -4.90. The van der Waals surface area contributed by atoms with Crippen LogP contribution in [-0.4, -0.2) is 108 Å². The summed E-state index contributed by atoms with van der Waals surface area (Å²) in [5.74, 6) is -1.77. The lowest BCUT2D eigenvalue weighted by Crippen LogP contribution is -2.24. The van der Waals surface area contributed by atoms with E-state index in [1.807, 2.05) is 0 Å². The van der Waals surface area contributed by atoms with E-state index in [-0.39, 0.29) is 61.5 Å². The summed E-state index contributed by atoms with van der Waals surface area (Å²) in [5, 5.41) is 27.3. The highest BCUT2D eigenvalue weighted by atomic mass is 31.2. The van der Waals surface area contributed by atoms with Gasteiger partial charge in [-0.2, -0.15) is 0 Å². The van der Waals surface area contributed by atoms with Crippen molar-refractivity contribution in [1.29, 1.82) is 0 Å². The summed E-state index contributed by atoms with van der Waals surface area (Å²) in [6.07, 6.45) is 1.99. The summed E-state index contributed by atoms with van der Waals surface area (Å²) in [6.45, 7) is -0.645. The van der Waals surface area contributed by atoms with E-state index in [2.05, 4.69) is 10.6 Å². The maximum Gasteiger partial charge on any atom is 0.472 e. The van der Waals surface area contributed by atoms with Crippen LogP contribution >= 0.6 is 31.1 Å². The van der Waals surface area contributed by atoms with E-state index in [1.165, 1.54) is 55.5 Å². The third kappa shape index (κ3) is 19.4. The molecular formula is C59H66N2O23P4.